The van der Waals surface area contributed by atoms with Crippen LogP contribution < -0.4 is 5.32 Å². The number of nitrogens with one attached hydrogen (secondary N) is 1. The Labute approximate surface area is 92.5 Å². The van der Waals surface area contributed by atoms with E-state index in [-0.39, 0.29) is 0 Å². The van der Waals surface area contributed by atoms with Gasteiger partial charge in [0.25, 0.3) is 0 Å². The molecule has 0 radical (unpaired) electrons. The third-order valence-corrected chi connectivity index (χ3v) is 2.84. The predicted molar refractivity (Wildman–Crippen MR) is 63.0 cm³/mol. The van der Waals surface area contributed by atoms with Crippen molar-refractivity contribution < 1.29 is 0 Å². The van der Waals surface area contributed by atoms with Gasteiger partial charge in [-0.05, 0) is 42.9 Å². The van der Waals surface area contributed by atoms with Crippen LogP contribution in [0.25, 0.3) is 0 Å². The van der Waals surface area contributed by atoms with Gasteiger partial charge in [0.2, 0.25) is 0 Å². The van der Waals surface area contributed by atoms with Gasteiger partial charge in [-0.1, -0.05) is 6.92 Å². The molecule has 4 heteroatoms. The minimum atomic E-state index is 0.841. The number of halogens is 1. The Morgan fingerprint density at radius 1 is 1.31 bits per heavy atom. The highest BCUT2D eigenvalue weighted by Gasteiger charge is 2.07. The number of aromatic nitrogens is 2. The summed E-state index contributed by atoms with van der Waals surface area (Å²) in [4.78, 5) is 8.72. The zero-order chi connectivity index (χ0) is 9.84. The fraction of sp³-hybridized carbons (Fsp3) is 0.556. The average molecular weight is 291 g/mol. The van der Waals surface area contributed by atoms with Gasteiger partial charge in [0.15, 0.2) is 0 Å². The van der Waals surface area contributed by atoms with Crippen molar-refractivity contribution in [3.8, 4) is 0 Å². The molecule has 1 N–H and O–H groups in total. The average Bonchev–Trinajstić information content (AvgIpc) is 2.11. The molecule has 13 heavy (non-hydrogen) atoms. The molecular formula is C9H14IN3. The van der Waals surface area contributed by atoms with Gasteiger partial charge < -0.3 is 5.32 Å². The van der Waals surface area contributed by atoms with E-state index in [2.05, 4.69) is 51.7 Å². The Kier molecular flexibility index (Phi) is 3.90. The molecular weight excluding hydrogens is 277 g/mol. The molecule has 0 aliphatic rings. The molecule has 1 heterocycles. The van der Waals surface area contributed by atoms with E-state index < -0.39 is 0 Å². The molecule has 0 fully saturated rings. The van der Waals surface area contributed by atoms with E-state index in [9.17, 15) is 0 Å². The molecule has 3 nitrogen and oxygen atoms in total. The van der Waals surface area contributed by atoms with Crippen molar-refractivity contribution in [1.82, 2.24) is 9.97 Å². The van der Waals surface area contributed by atoms with Crippen molar-refractivity contribution >= 4 is 28.4 Å². The first-order valence-electron chi connectivity index (χ1n) is 4.45. The minimum absolute atomic E-state index is 0.841. The second-order valence-electron chi connectivity index (χ2n) is 2.76. The lowest BCUT2D eigenvalue weighted by molar-refractivity contribution is 0.931. The topological polar surface area (TPSA) is 37.8 Å². The van der Waals surface area contributed by atoms with Crippen molar-refractivity contribution in [3.05, 3.63) is 15.1 Å². The summed E-state index contributed by atoms with van der Waals surface area (Å²) < 4.78 is 1.15. The van der Waals surface area contributed by atoms with E-state index in [0.717, 1.165) is 33.9 Å². The van der Waals surface area contributed by atoms with Crippen LogP contribution in [0.15, 0.2) is 0 Å². The normalized spacial score (nSPS) is 10.2. The number of aryl methyl sites for hydroxylation is 2. The van der Waals surface area contributed by atoms with Crippen LogP contribution in [0.3, 0.4) is 0 Å². The Hall–Kier alpha value is -0.390. The molecule has 72 valence electrons. The van der Waals surface area contributed by atoms with Crippen molar-refractivity contribution in [2.24, 2.45) is 0 Å². The van der Waals surface area contributed by atoms with Crippen molar-refractivity contribution in [2.75, 3.05) is 11.9 Å². The summed E-state index contributed by atoms with van der Waals surface area (Å²) in [6.45, 7) is 7.00. The number of rotatable bonds is 3. The van der Waals surface area contributed by atoms with Crippen LogP contribution in [0.2, 0.25) is 0 Å². The maximum Gasteiger partial charge on any atom is 0.143 e. The third-order valence-electron chi connectivity index (χ3n) is 1.71. The molecule has 0 atom stereocenters. The first-order chi connectivity index (χ1) is 6.19. The first kappa shape index (κ1) is 10.7. The molecule has 0 aliphatic heterocycles. The molecule has 0 aromatic carbocycles. The summed E-state index contributed by atoms with van der Waals surface area (Å²) in [5.41, 5.74) is 1.13. The van der Waals surface area contributed by atoms with Gasteiger partial charge in [0, 0.05) is 6.54 Å². The van der Waals surface area contributed by atoms with E-state index in [1.165, 1.54) is 0 Å². The Balaban J connectivity index is 3.11. The molecule has 0 aliphatic carbocycles. The molecule has 0 bridgehead atoms. The number of nitrogens with zero attached hydrogens (tertiary/aromatic N) is 2. The second kappa shape index (κ2) is 4.74. The molecule has 1 rings (SSSR count). The second-order valence-corrected chi connectivity index (χ2v) is 3.84. The SMILES string of the molecule is CCNc1nc(C)nc(CC)c1I. The molecule has 0 spiro atoms. The Morgan fingerprint density at radius 3 is 2.54 bits per heavy atom. The van der Waals surface area contributed by atoms with Crippen LogP contribution in [0.1, 0.15) is 25.4 Å². The van der Waals surface area contributed by atoms with Gasteiger partial charge in [-0.15, -0.1) is 0 Å². The van der Waals surface area contributed by atoms with Gasteiger partial charge >= 0.3 is 0 Å². The van der Waals surface area contributed by atoms with E-state index in [1.807, 2.05) is 6.92 Å². The van der Waals surface area contributed by atoms with Gasteiger partial charge in [0.1, 0.15) is 11.6 Å². The maximum absolute atomic E-state index is 4.38. The summed E-state index contributed by atoms with van der Waals surface area (Å²) >= 11 is 2.29. The van der Waals surface area contributed by atoms with Crippen LogP contribution >= 0.6 is 22.6 Å². The summed E-state index contributed by atoms with van der Waals surface area (Å²) in [5.74, 6) is 1.81. The van der Waals surface area contributed by atoms with Crippen molar-refractivity contribution in [1.29, 1.82) is 0 Å². The van der Waals surface area contributed by atoms with E-state index in [0.29, 0.717) is 0 Å². The fourth-order valence-corrected chi connectivity index (χ4v) is 1.95. The van der Waals surface area contributed by atoms with Gasteiger partial charge in [-0.2, -0.15) is 0 Å². The van der Waals surface area contributed by atoms with Crippen LogP contribution in [0.4, 0.5) is 5.82 Å². The standard InChI is InChI=1S/C9H14IN3/c1-4-7-8(10)9(11-5-2)13-6(3)12-7/h4-5H2,1-3H3,(H,11,12,13). The molecule has 0 saturated carbocycles. The lowest BCUT2D eigenvalue weighted by Gasteiger charge is -2.09. The third kappa shape index (κ3) is 2.52. The lowest BCUT2D eigenvalue weighted by atomic mass is 10.3. The van der Waals surface area contributed by atoms with Crippen LogP contribution in [0.5, 0.6) is 0 Å². The summed E-state index contributed by atoms with van der Waals surface area (Å²) in [7, 11) is 0. The number of hydrogen-bond acceptors (Lipinski definition) is 3. The largest absolute Gasteiger partial charge is 0.369 e. The zero-order valence-corrected chi connectivity index (χ0v) is 10.3. The van der Waals surface area contributed by atoms with E-state index in [4.69, 9.17) is 0 Å². The summed E-state index contributed by atoms with van der Waals surface area (Å²) in [6.07, 6.45) is 0.958. The highest BCUT2D eigenvalue weighted by Crippen LogP contribution is 2.19. The van der Waals surface area contributed by atoms with Crippen LogP contribution in [-0.4, -0.2) is 16.5 Å². The van der Waals surface area contributed by atoms with E-state index in [1.54, 1.807) is 0 Å². The van der Waals surface area contributed by atoms with E-state index >= 15 is 0 Å². The first-order valence-corrected chi connectivity index (χ1v) is 5.53. The molecule has 1 aromatic heterocycles. The lowest BCUT2D eigenvalue weighted by Crippen LogP contribution is -2.07. The van der Waals surface area contributed by atoms with Crippen molar-refractivity contribution in [3.63, 3.8) is 0 Å². The molecule has 0 saturated heterocycles. The summed E-state index contributed by atoms with van der Waals surface area (Å²) in [5, 5.41) is 3.23. The van der Waals surface area contributed by atoms with Crippen molar-refractivity contribution in [2.45, 2.75) is 27.2 Å². The monoisotopic (exact) mass is 291 g/mol. The van der Waals surface area contributed by atoms with Gasteiger partial charge in [-0.25, -0.2) is 9.97 Å². The maximum atomic E-state index is 4.38. The molecule has 0 amide bonds. The Morgan fingerprint density at radius 2 is 2.00 bits per heavy atom. The predicted octanol–water partition coefficient (Wildman–Crippen LogP) is 2.38. The Bertz CT molecular complexity index is 299. The summed E-state index contributed by atoms with van der Waals surface area (Å²) in [6, 6.07) is 0. The van der Waals surface area contributed by atoms with Gasteiger partial charge in [-0.3, -0.25) is 0 Å². The highest BCUT2D eigenvalue weighted by molar-refractivity contribution is 14.1. The number of anilines is 1. The highest BCUT2D eigenvalue weighted by atomic mass is 127. The minimum Gasteiger partial charge on any atom is -0.369 e. The van der Waals surface area contributed by atoms with Gasteiger partial charge in [0.05, 0.1) is 9.26 Å². The van der Waals surface area contributed by atoms with Crippen LogP contribution in [-0.2, 0) is 6.42 Å². The van der Waals surface area contributed by atoms with Crippen LogP contribution in [0, 0.1) is 10.5 Å². The fourth-order valence-electron chi connectivity index (χ4n) is 1.14. The molecule has 1 aromatic rings. The zero-order valence-electron chi connectivity index (χ0n) is 8.19. The number of hydrogen-bond donors (Lipinski definition) is 1. The quantitative estimate of drug-likeness (QED) is 0.869. The smallest absolute Gasteiger partial charge is 0.143 e. The molecule has 0 unspecified atom stereocenters.